The first-order valence-electron chi connectivity index (χ1n) is 8.69. The van der Waals surface area contributed by atoms with Crippen LogP contribution in [0.4, 0.5) is 0 Å². The summed E-state index contributed by atoms with van der Waals surface area (Å²) in [5.74, 6) is 0.674. The number of hydrogen-bond acceptors (Lipinski definition) is 5. The minimum absolute atomic E-state index is 0.00414. The normalized spacial score (nSPS) is 19.1. The van der Waals surface area contributed by atoms with Crippen molar-refractivity contribution in [3.63, 3.8) is 0 Å². The number of hydrazine groups is 1. The Morgan fingerprint density at radius 1 is 1.22 bits per heavy atom. The minimum atomic E-state index is -0.317. The number of carbonyl (C=O) groups is 1. The van der Waals surface area contributed by atoms with Gasteiger partial charge in [0.2, 0.25) is 5.91 Å². The molecule has 1 aliphatic rings. The van der Waals surface area contributed by atoms with Crippen LogP contribution in [-0.4, -0.2) is 26.7 Å². The molecule has 7 nitrogen and oxygen atoms in total. The summed E-state index contributed by atoms with van der Waals surface area (Å²) in [4.78, 5) is 16.8. The van der Waals surface area contributed by atoms with E-state index in [1.807, 2.05) is 48.7 Å². The standard InChI is InChI=1S/C19H19ClN6O/c20-15-5-2-1-4-14(15)16-10-17(25-24-16)19(27)22-12-13-6-7-18(21-11-13)26-9-3-8-23-26/h1-9,11,16-17,24-25H,10,12H2,(H,22,27). The number of pyridine rings is 1. The van der Waals surface area contributed by atoms with E-state index in [0.29, 0.717) is 18.0 Å². The number of benzene rings is 1. The fraction of sp³-hybridized carbons (Fsp3) is 0.211. The third-order valence-electron chi connectivity index (χ3n) is 4.52. The summed E-state index contributed by atoms with van der Waals surface area (Å²) < 4.78 is 1.69. The first kappa shape index (κ1) is 17.7. The van der Waals surface area contributed by atoms with Gasteiger partial charge in [0, 0.05) is 36.2 Å². The summed E-state index contributed by atoms with van der Waals surface area (Å²) in [7, 11) is 0. The summed E-state index contributed by atoms with van der Waals surface area (Å²) in [6, 6.07) is 13.0. The summed E-state index contributed by atoms with van der Waals surface area (Å²) >= 11 is 6.24. The van der Waals surface area contributed by atoms with E-state index >= 15 is 0 Å². The molecule has 0 saturated carbocycles. The molecule has 27 heavy (non-hydrogen) atoms. The maximum absolute atomic E-state index is 12.5. The van der Waals surface area contributed by atoms with Crippen molar-refractivity contribution in [1.29, 1.82) is 0 Å². The Labute approximate surface area is 161 Å². The van der Waals surface area contributed by atoms with Gasteiger partial charge in [0.15, 0.2) is 5.82 Å². The molecule has 1 fully saturated rings. The van der Waals surface area contributed by atoms with E-state index in [4.69, 9.17) is 11.6 Å². The van der Waals surface area contributed by atoms with Crippen LogP contribution in [0.3, 0.4) is 0 Å². The lowest BCUT2D eigenvalue weighted by Crippen LogP contribution is -2.42. The van der Waals surface area contributed by atoms with Crippen LogP contribution in [0.25, 0.3) is 5.82 Å². The summed E-state index contributed by atoms with van der Waals surface area (Å²) in [5, 5.41) is 7.78. The molecule has 0 radical (unpaired) electrons. The number of nitrogens with zero attached hydrogens (tertiary/aromatic N) is 3. The van der Waals surface area contributed by atoms with Crippen molar-refractivity contribution in [1.82, 2.24) is 30.9 Å². The second-order valence-corrected chi connectivity index (χ2v) is 6.75. The highest BCUT2D eigenvalue weighted by atomic mass is 35.5. The molecule has 1 aromatic carbocycles. The Morgan fingerprint density at radius 2 is 2.11 bits per heavy atom. The zero-order valence-electron chi connectivity index (χ0n) is 14.5. The van der Waals surface area contributed by atoms with Crippen molar-refractivity contribution in [3.05, 3.63) is 77.2 Å². The minimum Gasteiger partial charge on any atom is -0.351 e. The van der Waals surface area contributed by atoms with Crippen LogP contribution >= 0.6 is 11.6 Å². The molecule has 4 rings (SSSR count). The van der Waals surface area contributed by atoms with Gasteiger partial charge in [-0.15, -0.1) is 0 Å². The molecule has 1 amide bonds. The lowest BCUT2D eigenvalue weighted by atomic mass is 10.0. The number of nitrogens with one attached hydrogen (secondary N) is 3. The third-order valence-corrected chi connectivity index (χ3v) is 4.86. The summed E-state index contributed by atoms with van der Waals surface area (Å²) in [6.07, 6.45) is 5.91. The van der Waals surface area contributed by atoms with Crippen molar-refractivity contribution < 1.29 is 4.79 Å². The number of carbonyl (C=O) groups excluding carboxylic acids is 1. The largest absolute Gasteiger partial charge is 0.351 e. The molecule has 138 valence electrons. The molecule has 3 aromatic rings. The average molecular weight is 383 g/mol. The lowest BCUT2D eigenvalue weighted by molar-refractivity contribution is -0.123. The zero-order chi connectivity index (χ0) is 18.6. The van der Waals surface area contributed by atoms with Gasteiger partial charge in [-0.25, -0.2) is 20.5 Å². The number of hydrogen-bond donors (Lipinski definition) is 3. The van der Waals surface area contributed by atoms with Gasteiger partial charge in [0.25, 0.3) is 0 Å². The van der Waals surface area contributed by atoms with E-state index in [9.17, 15) is 4.79 Å². The smallest absolute Gasteiger partial charge is 0.238 e. The predicted octanol–water partition coefficient (Wildman–Crippen LogP) is 2.14. The van der Waals surface area contributed by atoms with Gasteiger partial charge in [-0.05, 0) is 35.7 Å². The fourth-order valence-corrected chi connectivity index (χ4v) is 3.33. The van der Waals surface area contributed by atoms with Crippen molar-refractivity contribution in [2.24, 2.45) is 0 Å². The van der Waals surface area contributed by atoms with Crippen LogP contribution in [0.2, 0.25) is 5.02 Å². The Balaban J connectivity index is 1.32. The summed E-state index contributed by atoms with van der Waals surface area (Å²) in [5.41, 5.74) is 8.11. The second-order valence-electron chi connectivity index (χ2n) is 6.34. The van der Waals surface area contributed by atoms with Crippen LogP contribution in [0.15, 0.2) is 61.1 Å². The SMILES string of the molecule is O=C(NCc1ccc(-n2cccn2)nc1)C1CC(c2ccccc2Cl)NN1. The van der Waals surface area contributed by atoms with Crippen LogP contribution in [0.5, 0.6) is 0 Å². The molecular formula is C19H19ClN6O. The Morgan fingerprint density at radius 3 is 2.85 bits per heavy atom. The average Bonchev–Trinajstić information content (AvgIpc) is 3.39. The molecule has 3 N–H and O–H groups in total. The Bertz CT molecular complexity index is 912. The maximum atomic E-state index is 12.5. The van der Waals surface area contributed by atoms with Gasteiger partial charge in [-0.3, -0.25) is 4.79 Å². The molecule has 2 atom stereocenters. The van der Waals surface area contributed by atoms with Gasteiger partial charge in [-0.2, -0.15) is 5.10 Å². The van der Waals surface area contributed by atoms with Crippen LogP contribution < -0.4 is 16.2 Å². The van der Waals surface area contributed by atoms with E-state index in [1.54, 1.807) is 17.1 Å². The molecular weight excluding hydrogens is 364 g/mol. The number of halogens is 1. The predicted molar refractivity (Wildman–Crippen MR) is 102 cm³/mol. The van der Waals surface area contributed by atoms with Crippen LogP contribution in [0.1, 0.15) is 23.6 Å². The van der Waals surface area contributed by atoms with Crippen molar-refractivity contribution in [2.75, 3.05) is 0 Å². The lowest BCUT2D eigenvalue weighted by Gasteiger charge is -2.12. The third kappa shape index (κ3) is 4.00. The molecule has 1 saturated heterocycles. The highest BCUT2D eigenvalue weighted by Gasteiger charge is 2.30. The highest BCUT2D eigenvalue weighted by Crippen LogP contribution is 2.28. The van der Waals surface area contributed by atoms with Crippen molar-refractivity contribution >= 4 is 17.5 Å². The van der Waals surface area contributed by atoms with E-state index in [0.717, 1.165) is 16.9 Å². The van der Waals surface area contributed by atoms with Crippen LogP contribution in [-0.2, 0) is 11.3 Å². The fourth-order valence-electron chi connectivity index (χ4n) is 3.06. The second kappa shape index (κ2) is 7.87. The monoisotopic (exact) mass is 382 g/mol. The maximum Gasteiger partial charge on any atom is 0.238 e. The van der Waals surface area contributed by atoms with E-state index < -0.39 is 0 Å². The molecule has 2 aromatic heterocycles. The Hall–Kier alpha value is -2.74. The molecule has 8 heteroatoms. The van der Waals surface area contributed by atoms with Gasteiger partial charge in [-0.1, -0.05) is 35.9 Å². The highest BCUT2D eigenvalue weighted by molar-refractivity contribution is 6.31. The van der Waals surface area contributed by atoms with Gasteiger partial charge in [0.05, 0.1) is 0 Å². The van der Waals surface area contributed by atoms with Gasteiger partial charge >= 0.3 is 0 Å². The molecule has 0 spiro atoms. The number of amides is 1. The molecule has 3 heterocycles. The molecule has 1 aliphatic heterocycles. The first-order valence-corrected chi connectivity index (χ1v) is 9.06. The van der Waals surface area contributed by atoms with Crippen molar-refractivity contribution in [3.8, 4) is 5.82 Å². The zero-order valence-corrected chi connectivity index (χ0v) is 15.2. The first-order chi connectivity index (χ1) is 13.2. The van der Waals surface area contributed by atoms with Crippen molar-refractivity contribution in [2.45, 2.75) is 25.0 Å². The molecule has 2 unspecified atom stereocenters. The topological polar surface area (TPSA) is 83.9 Å². The van der Waals surface area contributed by atoms with Gasteiger partial charge in [0.1, 0.15) is 6.04 Å². The van der Waals surface area contributed by atoms with E-state index in [-0.39, 0.29) is 18.0 Å². The van der Waals surface area contributed by atoms with E-state index in [2.05, 4.69) is 26.3 Å². The summed E-state index contributed by atoms with van der Waals surface area (Å²) in [6.45, 7) is 0.417. The van der Waals surface area contributed by atoms with E-state index in [1.165, 1.54) is 0 Å². The number of rotatable bonds is 5. The quantitative estimate of drug-likeness (QED) is 0.629. The molecule has 0 aliphatic carbocycles. The van der Waals surface area contributed by atoms with Gasteiger partial charge < -0.3 is 5.32 Å². The number of aromatic nitrogens is 3. The molecule has 0 bridgehead atoms. The van der Waals surface area contributed by atoms with Crippen LogP contribution in [0, 0.1) is 0 Å². The Kier molecular flexibility index (Phi) is 5.15.